The van der Waals surface area contributed by atoms with Gasteiger partial charge in [-0.05, 0) is 13.0 Å². The number of carbonyl (C=O) groups is 1. The smallest absolute Gasteiger partial charge is 0.495 e. The number of benzene rings is 2. The summed E-state index contributed by atoms with van der Waals surface area (Å²) < 4.78 is 69.4. The zero-order valence-electron chi connectivity index (χ0n) is 12.0. The average Bonchev–Trinajstić information content (AvgIpc) is 2.45. The molecule has 2 rings (SSSR count). The molecule has 9 heteroatoms. The minimum atomic E-state index is -5.86. The van der Waals surface area contributed by atoms with E-state index >= 15 is 0 Å². The molecule has 0 aromatic heterocycles. The van der Waals surface area contributed by atoms with E-state index in [9.17, 15) is 26.4 Å². The summed E-state index contributed by atoms with van der Waals surface area (Å²) in [5, 5.41) is 0.331. The standard InChI is InChI=1S/C14H11F3O5S/c1-8(18)11-7-12(22-23(19,20)14(15,16)17)9-5-3-4-6-10(9)13(11)21-2/h3-7H,1-2H3. The van der Waals surface area contributed by atoms with Crippen LogP contribution in [0.15, 0.2) is 30.3 Å². The first-order valence-electron chi connectivity index (χ1n) is 6.20. The van der Waals surface area contributed by atoms with Crippen molar-refractivity contribution >= 4 is 26.7 Å². The van der Waals surface area contributed by atoms with Crippen molar-refractivity contribution in [3.63, 3.8) is 0 Å². The Morgan fingerprint density at radius 3 is 2.17 bits per heavy atom. The highest BCUT2D eigenvalue weighted by Gasteiger charge is 2.48. The van der Waals surface area contributed by atoms with Crippen molar-refractivity contribution in [2.45, 2.75) is 12.4 Å². The highest BCUT2D eigenvalue weighted by atomic mass is 32.2. The quantitative estimate of drug-likeness (QED) is 0.482. The predicted octanol–water partition coefficient (Wildman–Crippen LogP) is 3.28. The first-order chi connectivity index (χ1) is 10.6. The van der Waals surface area contributed by atoms with E-state index in [1.165, 1.54) is 32.2 Å². The molecule has 0 unspecified atom stereocenters. The average molecular weight is 348 g/mol. The molecule has 124 valence electrons. The van der Waals surface area contributed by atoms with Gasteiger partial charge in [-0.3, -0.25) is 4.79 Å². The second kappa shape index (κ2) is 5.73. The number of hydrogen-bond donors (Lipinski definition) is 0. The lowest BCUT2D eigenvalue weighted by atomic mass is 10.0. The van der Waals surface area contributed by atoms with Crippen molar-refractivity contribution in [1.82, 2.24) is 0 Å². The molecule has 5 nitrogen and oxygen atoms in total. The van der Waals surface area contributed by atoms with Crippen LogP contribution in [-0.2, 0) is 10.1 Å². The van der Waals surface area contributed by atoms with E-state index < -0.39 is 27.2 Å². The van der Waals surface area contributed by atoms with Crippen molar-refractivity contribution in [3.05, 3.63) is 35.9 Å². The van der Waals surface area contributed by atoms with Crippen LogP contribution in [0.25, 0.3) is 10.8 Å². The van der Waals surface area contributed by atoms with E-state index in [4.69, 9.17) is 4.74 Å². The van der Waals surface area contributed by atoms with Gasteiger partial charge < -0.3 is 8.92 Å². The number of rotatable bonds is 4. The molecule has 0 spiro atoms. The molecule has 2 aromatic rings. The number of fused-ring (bicyclic) bond motifs is 1. The van der Waals surface area contributed by atoms with Crippen molar-refractivity contribution in [1.29, 1.82) is 0 Å². The fourth-order valence-electron chi connectivity index (χ4n) is 2.03. The van der Waals surface area contributed by atoms with Gasteiger partial charge in [-0.2, -0.15) is 21.6 Å². The molecule has 0 aliphatic rings. The number of halogens is 3. The van der Waals surface area contributed by atoms with Gasteiger partial charge in [-0.15, -0.1) is 0 Å². The van der Waals surface area contributed by atoms with Gasteiger partial charge in [0.2, 0.25) is 0 Å². The maximum atomic E-state index is 12.5. The number of carbonyl (C=O) groups excluding carboxylic acids is 1. The number of methoxy groups -OCH3 is 1. The minimum absolute atomic E-state index is 0.0715. The molecule has 0 aliphatic carbocycles. The predicted molar refractivity (Wildman–Crippen MR) is 76.1 cm³/mol. The molecule has 0 saturated heterocycles. The molecule has 0 saturated carbocycles. The third kappa shape index (κ3) is 3.09. The van der Waals surface area contributed by atoms with Crippen LogP contribution in [0.4, 0.5) is 13.2 Å². The molecule has 0 fully saturated rings. The zero-order chi connectivity index (χ0) is 17.4. The summed E-state index contributed by atoms with van der Waals surface area (Å²) in [6.45, 7) is 1.18. The van der Waals surface area contributed by atoms with Gasteiger partial charge in [0.15, 0.2) is 11.5 Å². The lowest BCUT2D eigenvalue weighted by Crippen LogP contribution is -2.28. The van der Waals surface area contributed by atoms with Gasteiger partial charge in [0.05, 0.1) is 12.7 Å². The number of ketones is 1. The molecule has 2 aromatic carbocycles. The molecule has 0 radical (unpaired) electrons. The van der Waals surface area contributed by atoms with Crippen LogP contribution in [0.3, 0.4) is 0 Å². The Hall–Kier alpha value is -2.29. The summed E-state index contributed by atoms with van der Waals surface area (Å²) in [5.41, 5.74) is -5.66. The Labute approximate surface area is 129 Å². The number of hydrogen-bond acceptors (Lipinski definition) is 5. The third-order valence-corrected chi connectivity index (χ3v) is 3.99. The Morgan fingerprint density at radius 2 is 1.70 bits per heavy atom. The lowest BCUT2D eigenvalue weighted by molar-refractivity contribution is -0.0499. The summed E-state index contributed by atoms with van der Waals surface area (Å²) in [6.07, 6.45) is 0. The van der Waals surface area contributed by atoms with Gasteiger partial charge in [-0.1, -0.05) is 24.3 Å². The zero-order valence-corrected chi connectivity index (χ0v) is 12.8. The Bertz CT molecular complexity index is 872. The van der Waals surface area contributed by atoms with Crippen molar-refractivity contribution in [2.75, 3.05) is 7.11 Å². The molecule has 0 heterocycles. The molecule has 0 N–H and O–H groups in total. The van der Waals surface area contributed by atoms with Gasteiger partial charge >= 0.3 is 15.6 Å². The monoisotopic (exact) mass is 348 g/mol. The van der Waals surface area contributed by atoms with Crippen LogP contribution < -0.4 is 8.92 Å². The van der Waals surface area contributed by atoms with Crippen LogP contribution in [0.5, 0.6) is 11.5 Å². The summed E-state index contributed by atoms with van der Waals surface area (Å²) >= 11 is 0. The first-order valence-corrected chi connectivity index (χ1v) is 7.60. The number of alkyl halides is 3. The van der Waals surface area contributed by atoms with Gasteiger partial charge in [0.25, 0.3) is 0 Å². The topological polar surface area (TPSA) is 69.7 Å². The number of Topliss-reactive ketones (excluding diaryl/α,β-unsaturated/α-hetero) is 1. The molecule has 0 aliphatic heterocycles. The van der Waals surface area contributed by atoms with E-state index in [2.05, 4.69) is 4.18 Å². The molecule has 0 atom stereocenters. The molecular weight excluding hydrogens is 337 g/mol. The van der Waals surface area contributed by atoms with E-state index in [1.807, 2.05) is 0 Å². The van der Waals surface area contributed by atoms with Crippen LogP contribution in [0.1, 0.15) is 17.3 Å². The minimum Gasteiger partial charge on any atom is -0.495 e. The van der Waals surface area contributed by atoms with Crippen LogP contribution in [0, 0.1) is 0 Å². The van der Waals surface area contributed by atoms with E-state index in [0.717, 1.165) is 6.07 Å². The highest BCUT2D eigenvalue weighted by molar-refractivity contribution is 7.88. The van der Waals surface area contributed by atoms with Gasteiger partial charge in [-0.25, -0.2) is 0 Å². The lowest BCUT2D eigenvalue weighted by Gasteiger charge is -2.15. The summed E-state index contributed by atoms with van der Waals surface area (Å²) in [5.74, 6) is -0.976. The summed E-state index contributed by atoms with van der Waals surface area (Å²) in [4.78, 5) is 11.7. The maximum Gasteiger partial charge on any atom is 0.534 e. The maximum absolute atomic E-state index is 12.5. The van der Waals surface area contributed by atoms with Crippen LogP contribution in [-0.4, -0.2) is 26.8 Å². The van der Waals surface area contributed by atoms with E-state index in [0.29, 0.717) is 0 Å². The Balaban J connectivity index is 2.77. The Morgan fingerprint density at radius 1 is 1.13 bits per heavy atom. The van der Waals surface area contributed by atoms with E-state index in [1.54, 1.807) is 6.07 Å². The first kappa shape index (κ1) is 17.1. The van der Waals surface area contributed by atoms with Crippen LogP contribution in [0.2, 0.25) is 0 Å². The van der Waals surface area contributed by atoms with E-state index in [-0.39, 0.29) is 22.1 Å². The fraction of sp³-hybridized carbons (Fsp3) is 0.214. The van der Waals surface area contributed by atoms with Crippen molar-refractivity contribution < 1.29 is 35.3 Å². The third-order valence-electron chi connectivity index (χ3n) is 3.02. The molecular formula is C14H11F3O5S. The van der Waals surface area contributed by atoms with Crippen molar-refractivity contribution in [3.8, 4) is 11.5 Å². The van der Waals surface area contributed by atoms with Gasteiger partial charge in [0, 0.05) is 10.8 Å². The summed E-state index contributed by atoms with van der Waals surface area (Å²) in [7, 11) is -4.56. The fourth-order valence-corrected chi connectivity index (χ4v) is 2.50. The summed E-state index contributed by atoms with van der Waals surface area (Å²) in [6, 6.07) is 6.82. The molecule has 0 bridgehead atoms. The highest BCUT2D eigenvalue weighted by Crippen LogP contribution is 2.39. The Kier molecular flexibility index (Phi) is 4.25. The second-order valence-corrected chi connectivity index (χ2v) is 6.08. The molecule has 23 heavy (non-hydrogen) atoms. The molecule has 0 amide bonds. The van der Waals surface area contributed by atoms with Crippen molar-refractivity contribution in [2.24, 2.45) is 0 Å². The normalized spacial score (nSPS) is 12.2. The van der Waals surface area contributed by atoms with Crippen LogP contribution >= 0.6 is 0 Å². The second-order valence-electron chi connectivity index (χ2n) is 4.54. The largest absolute Gasteiger partial charge is 0.534 e. The SMILES string of the molecule is COc1c(C(C)=O)cc(OS(=O)(=O)C(F)(F)F)c2ccccc12. The number of ether oxygens (including phenoxy) is 1. The van der Waals surface area contributed by atoms with Gasteiger partial charge in [0.1, 0.15) is 5.75 Å².